The second-order valence-corrected chi connectivity index (χ2v) is 3.80. The van der Waals surface area contributed by atoms with Gasteiger partial charge in [-0.3, -0.25) is 4.79 Å². The zero-order valence-electron chi connectivity index (χ0n) is 8.81. The molecular weight excluding hydrogens is 302 g/mol. The maximum atomic E-state index is 12.2. The molecule has 0 saturated carbocycles. The lowest BCUT2D eigenvalue weighted by Gasteiger charge is -2.21. The van der Waals surface area contributed by atoms with Gasteiger partial charge in [-0.1, -0.05) is 11.6 Å². The van der Waals surface area contributed by atoms with Crippen LogP contribution in [0.15, 0.2) is 18.3 Å². The molecule has 106 valence electrons. The Hall–Kier alpha value is -1.51. The van der Waals surface area contributed by atoms with Gasteiger partial charge in [-0.2, -0.15) is 26.3 Å². The Morgan fingerprint density at radius 2 is 1.74 bits per heavy atom. The average molecular weight is 307 g/mol. The third kappa shape index (κ3) is 4.27. The summed E-state index contributed by atoms with van der Waals surface area (Å²) in [5, 5.41) is 1.42. The van der Waals surface area contributed by atoms with Crippen molar-refractivity contribution < 1.29 is 31.1 Å². The summed E-state index contributed by atoms with van der Waals surface area (Å²) >= 11 is 5.45. The van der Waals surface area contributed by atoms with E-state index >= 15 is 0 Å². The van der Waals surface area contributed by atoms with Gasteiger partial charge >= 0.3 is 12.4 Å². The van der Waals surface area contributed by atoms with Gasteiger partial charge in [-0.05, 0) is 12.1 Å². The van der Waals surface area contributed by atoms with Crippen molar-refractivity contribution in [3.05, 3.63) is 23.4 Å². The van der Waals surface area contributed by atoms with Gasteiger partial charge in [0.1, 0.15) is 5.82 Å². The highest BCUT2D eigenvalue weighted by atomic mass is 35.5. The SMILES string of the molecule is O=C(Nc1cc(Cl)ccn1)C(C(F)(F)F)C(F)(F)F. The molecule has 3 nitrogen and oxygen atoms in total. The van der Waals surface area contributed by atoms with Crippen LogP contribution in [-0.4, -0.2) is 23.2 Å². The molecule has 0 fully saturated rings. The van der Waals surface area contributed by atoms with E-state index in [2.05, 4.69) is 4.98 Å². The Bertz CT molecular complexity index is 459. The number of rotatable bonds is 2. The Balaban J connectivity index is 2.97. The van der Waals surface area contributed by atoms with Crippen LogP contribution < -0.4 is 5.32 Å². The van der Waals surface area contributed by atoms with E-state index in [4.69, 9.17) is 11.6 Å². The molecule has 1 heterocycles. The minimum Gasteiger partial charge on any atom is -0.310 e. The maximum Gasteiger partial charge on any atom is 0.409 e. The number of amides is 1. The molecule has 0 saturated heterocycles. The normalized spacial score (nSPS) is 12.6. The highest BCUT2D eigenvalue weighted by molar-refractivity contribution is 6.30. The van der Waals surface area contributed by atoms with E-state index < -0.39 is 30.0 Å². The van der Waals surface area contributed by atoms with Crippen molar-refractivity contribution >= 4 is 23.3 Å². The molecule has 0 aromatic carbocycles. The summed E-state index contributed by atoms with van der Waals surface area (Å²) in [5.74, 6) is -6.90. The predicted octanol–water partition coefficient (Wildman–Crippen LogP) is 3.41. The molecule has 1 aromatic rings. The Morgan fingerprint density at radius 1 is 1.21 bits per heavy atom. The van der Waals surface area contributed by atoms with Crippen LogP contribution in [0.4, 0.5) is 32.2 Å². The number of aromatic nitrogens is 1. The van der Waals surface area contributed by atoms with Crippen LogP contribution in [-0.2, 0) is 4.79 Å². The zero-order valence-corrected chi connectivity index (χ0v) is 9.57. The largest absolute Gasteiger partial charge is 0.409 e. The van der Waals surface area contributed by atoms with Crippen LogP contribution in [0.1, 0.15) is 0 Å². The number of halogens is 7. The Morgan fingerprint density at radius 3 is 2.16 bits per heavy atom. The molecule has 0 unspecified atom stereocenters. The quantitative estimate of drug-likeness (QED) is 0.851. The van der Waals surface area contributed by atoms with E-state index in [1.807, 2.05) is 0 Å². The van der Waals surface area contributed by atoms with E-state index in [0.717, 1.165) is 12.3 Å². The molecule has 1 rings (SSSR count). The number of alkyl halides is 6. The van der Waals surface area contributed by atoms with Crippen LogP contribution in [0.5, 0.6) is 0 Å². The van der Waals surface area contributed by atoms with Crippen LogP contribution >= 0.6 is 11.6 Å². The van der Waals surface area contributed by atoms with Crippen molar-refractivity contribution in [3.63, 3.8) is 0 Å². The molecule has 0 bridgehead atoms. The first-order chi connectivity index (χ1) is 8.51. The number of hydrogen-bond donors (Lipinski definition) is 1. The second-order valence-electron chi connectivity index (χ2n) is 3.36. The monoisotopic (exact) mass is 306 g/mol. The average Bonchev–Trinajstić information content (AvgIpc) is 2.11. The molecule has 10 heteroatoms. The number of nitrogens with zero attached hydrogens (tertiary/aromatic N) is 1. The van der Waals surface area contributed by atoms with Gasteiger partial charge in [0, 0.05) is 11.2 Å². The third-order valence-electron chi connectivity index (χ3n) is 1.89. The van der Waals surface area contributed by atoms with Crippen molar-refractivity contribution in [1.82, 2.24) is 4.98 Å². The van der Waals surface area contributed by atoms with E-state index in [1.165, 1.54) is 11.4 Å². The number of anilines is 1. The smallest absolute Gasteiger partial charge is 0.310 e. The van der Waals surface area contributed by atoms with Gasteiger partial charge in [0.2, 0.25) is 11.8 Å². The van der Waals surface area contributed by atoms with E-state index in [9.17, 15) is 31.1 Å². The van der Waals surface area contributed by atoms with Crippen molar-refractivity contribution in [2.75, 3.05) is 5.32 Å². The van der Waals surface area contributed by atoms with Crippen LogP contribution in [0.2, 0.25) is 5.02 Å². The van der Waals surface area contributed by atoms with Crippen molar-refractivity contribution in [1.29, 1.82) is 0 Å². The van der Waals surface area contributed by atoms with Crippen molar-refractivity contribution in [2.24, 2.45) is 5.92 Å². The molecule has 0 aliphatic heterocycles. The van der Waals surface area contributed by atoms with E-state index in [0.29, 0.717) is 0 Å². The third-order valence-corrected chi connectivity index (χ3v) is 2.13. The maximum absolute atomic E-state index is 12.2. The van der Waals surface area contributed by atoms with Crippen LogP contribution in [0.3, 0.4) is 0 Å². The lowest BCUT2D eigenvalue weighted by atomic mass is 10.1. The molecule has 0 spiro atoms. The molecular formula is C9H5ClF6N2O. The van der Waals surface area contributed by atoms with Gasteiger partial charge < -0.3 is 5.32 Å². The first kappa shape index (κ1) is 15.5. The zero-order chi connectivity index (χ0) is 14.8. The molecule has 1 aromatic heterocycles. The van der Waals surface area contributed by atoms with E-state index in [-0.39, 0.29) is 5.02 Å². The first-order valence-corrected chi connectivity index (χ1v) is 4.95. The van der Waals surface area contributed by atoms with Gasteiger partial charge in [-0.15, -0.1) is 0 Å². The molecule has 1 amide bonds. The number of hydrogen-bond acceptors (Lipinski definition) is 2. The minimum atomic E-state index is -5.75. The summed E-state index contributed by atoms with van der Waals surface area (Å²) in [4.78, 5) is 14.5. The molecule has 0 atom stereocenters. The summed E-state index contributed by atoms with van der Waals surface area (Å²) in [6.07, 6.45) is -10.5. The summed E-state index contributed by atoms with van der Waals surface area (Å²) < 4.78 is 73.3. The highest BCUT2D eigenvalue weighted by Crippen LogP contribution is 2.39. The molecule has 0 radical (unpaired) electrons. The second kappa shape index (κ2) is 5.24. The number of pyridine rings is 1. The Kier molecular flexibility index (Phi) is 4.28. The molecule has 1 N–H and O–H groups in total. The molecule has 0 aliphatic carbocycles. The standard InChI is InChI=1S/C9H5ClF6N2O/c10-4-1-2-17-5(3-4)18-7(19)6(8(11,12)13)9(14,15)16/h1-3,6H,(H,17,18,19). The van der Waals surface area contributed by atoms with Gasteiger partial charge in [0.15, 0.2) is 0 Å². The topological polar surface area (TPSA) is 42.0 Å². The number of carbonyl (C=O) groups is 1. The fourth-order valence-electron chi connectivity index (χ4n) is 1.15. The van der Waals surface area contributed by atoms with Crippen LogP contribution in [0.25, 0.3) is 0 Å². The lowest BCUT2D eigenvalue weighted by Crippen LogP contribution is -2.45. The van der Waals surface area contributed by atoms with Crippen molar-refractivity contribution in [2.45, 2.75) is 12.4 Å². The van der Waals surface area contributed by atoms with Crippen LogP contribution in [0, 0.1) is 5.92 Å². The number of nitrogens with one attached hydrogen (secondary N) is 1. The van der Waals surface area contributed by atoms with Crippen molar-refractivity contribution in [3.8, 4) is 0 Å². The fourth-order valence-corrected chi connectivity index (χ4v) is 1.31. The van der Waals surface area contributed by atoms with Gasteiger partial charge in [0.05, 0.1) is 0 Å². The predicted molar refractivity (Wildman–Crippen MR) is 53.5 cm³/mol. The lowest BCUT2D eigenvalue weighted by molar-refractivity contribution is -0.272. The Labute approximate surface area is 107 Å². The van der Waals surface area contributed by atoms with E-state index in [1.54, 1.807) is 0 Å². The summed E-state index contributed by atoms with van der Waals surface area (Å²) in [6, 6.07) is 2.16. The molecule has 19 heavy (non-hydrogen) atoms. The van der Waals surface area contributed by atoms with Gasteiger partial charge in [-0.25, -0.2) is 4.98 Å². The minimum absolute atomic E-state index is 0.000803. The fraction of sp³-hybridized carbons (Fsp3) is 0.333. The summed E-state index contributed by atoms with van der Waals surface area (Å²) in [6.45, 7) is 0. The number of carbonyl (C=O) groups excluding carboxylic acids is 1. The molecule has 0 aliphatic rings. The summed E-state index contributed by atoms with van der Waals surface area (Å²) in [7, 11) is 0. The highest BCUT2D eigenvalue weighted by Gasteiger charge is 2.61. The summed E-state index contributed by atoms with van der Waals surface area (Å²) in [5.41, 5.74) is 0. The van der Waals surface area contributed by atoms with Gasteiger partial charge in [0.25, 0.3) is 0 Å². The first-order valence-electron chi connectivity index (χ1n) is 4.57.